The SMILES string of the molecule is O=C=N[C]1CC2CCC1C2. The fraction of sp³-hybridized carbons (Fsp3) is 0.750. The second kappa shape index (κ2) is 2.21. The zero-order chi connectivity index (χ0) is 6.97. The smallest absolute Gasteiger partial charge is 0.211 e. The van der Waals surface area contributed by atoms with Crippen LogP contribution in [0, 0.1) is 17.9 Å². The average Bonchev–Trinajstić information content (AvgIpc) is 2.48. The third-order valence-electron chi connectivity index (χ3n) is 2.70. The molecule has 0 spiro atoms. The van der Waals surface area contributed by atoms with E-state index >= 15 is 0 Å². The van der Waals surface area contributed by atoms with Crippen molar-refractivity contribution in [2.75, 3.05) is 0 Å². The Labute approximate surface area is 60.3 Å². The summed E-state index contributed by atoms with van der Waals surface area (Å²) in [5.41, 5.74) is 0. The first-order valence-electron chi connectivity index (χ1n) is 3.83. The number of carbonyl (C=O) groups excluding carboxylic acids is 1. The van der Waals surface area contributed by atoms with Crippen LogP contribution in [0.1, 0.15) is 25.7 Å². The lowest BCUT2D eigenvalue weighted by Gasteiger charge is -2.13. The summed E-state index contributed by atoms with van der Waals surface area (Å²) >= 11 is 0. The largest absolute Gasteiger partial charge is 0.235 e. The van der Waals surface area contributed by atoms with Gasteiger partial charge in [0.05, 0.1) is 0 Å². The minimum Gasteiger partial charge on any atom is -0.211 e. The van der Waals surface area contributed by atoms with Gasteiger partial charge < -0.3 is 0 Å². The van der Waals surface area contributed by atoms with Crippen LogP contribution in [0.5, 0.6) is 0 Å². The number of hydrogen-bond donors (Lipinski definition) is 0. The molecule has 0 aromatic carbocycles. The Morgan fingerprint density at radius 1 is 1.50 bits per heavy atom. The molecule has 0 aliphatic heterocycles. The Morgan fingerprint density at radius 2 is 2.40 bits per heavy atom. The summed E-state index contributed by atoms with van der Waals surface area (Å²) in [6.07, 6.45) is 6.58. The minimum absolute atomic E-state index is 0.645. The number of aliphatic imine (C=N–C) groups is 1. The van der Waals surface area contributed by atoms with Crippen LogP contribution in [0.15, 0.2) is 4.99 Å². The summed E-state index contributed by atoms with van der Waals surface area (Å²) in [4.78, 5) is 13.6. The summed E-state index contributed by atoms with van der Waals surface area (Å²) in [7, 11) is 0. The predicted octanol–water partition coefficient (Wildman–Crippen LogP) is 1.67. The number of nitrogens with zero attached hydrogens (tertiary/aromatic N) is 1. The van der Waals surface area contributed by atoms with Crippen molar-refractivity contribution < 1.29 is 4.79 Å². The molecule has 0 amide bonds. The summed E-state index contributed by atoms with van der Waals surface area (Å²) in [6.45, 7) is 0. The van der Waals surface area contributed by atoms with Crippen molar-refractivity contribution in [2.24, 2.45) is 16.8 Å². The highest BCUT2D eigenvalue weighted by Gasteiger charge is 2.40. The second-order valence-corrected chi connectivity index (χ2v) is 3.27. The van der Waals surface area contributed by atoms with E-state index in [-0.39, 0.29) is 0 Å². The Kier molecular flexibility index (Phi) is 1.35. The lowest BCUT2D eigenvalue weighted by atomic mass is 9.96. The molecule has 2 atom stereocenters. The van der Waals surface area contributed by atoms with Crippen molar-refractivity contribution in [3.63, 3.8) is 0 Å². The molecule has 53 valence electrons. The van der Waals surface area contributed by atoms with Crippen LogP contribution in [0.2, 0.25) is 0 Å². The fourth-order valence-corrected chi connectivity index (χ4v) is 2.22. The topological polar surface area (TPSA) is 29.4 Å². The van der Waals surface area contributed by atoms with Gasteiger partial charge in [-0.25, -0.2) is 4.79 Å². The van der Waals surface area contributed by atoms with Crippen molar-refractivity contribution in [3.05, 3.63) is 6.04 Å². The third-order valence-corrected chi connectivity index (χ3v) is 2.70. The van der Waals surface area contributed by atoms with E-state index in [4.69, 9.17) is 0 Å². The van der Waals surface area contributed by atoms with E-state index in [2.05, 4.69) is 4.99 Å². The Hall–Kier alpha value is -0.620. The Bertz CT molecular complexity index is 184. The quantitative estimate of drug-likeness (QED) is 0.398. The molecule has 2 unspecified atom stereocenters. The summed E-state index contributed by atoms with van der Waals surface area (Å²) < 4.78 is 0. The molecule has 2 saturated carbocycles. The predicted molar refractivity (Wildman–Crippen MR) is 36.8 cm³/mol. The van der Waals surface area contributed by atoms with E-state index in [0.717, 1.165) is 18.4 Å². The van der Waals surface area contributed by atoms with E-state index in [1.54, 1.807) is 6.08 Å². The summed E-state index contributed by atoms with van der Waals surface area (Å²) in [5, 5.41) is 0. The molecule has 2 aliphatic carbocycles. The lowest BCUT2D eigenvalue weighted by Crippen LogP contribution is -2.04. The molecule has 2 fully saturated rings. The van der Waals surface area contributed by atoms with Gasteiger partial charge in [0.25, 0.3) is 0 Å². The van der Waals surface area contributed by atoms with Gasteiger partial charge >= 0.3 is 0 Å². The monoisotopic (exact) mass is 136 g/mol. The maximum Gasteiger partial charge on any atom is 0.235 e. The number of hydrogen-bond acceptors (Lipinski definition) is 2. The Morgan fingerprint density at radius 3 is 2.90 bits per heavy atom. The van der Waals surface area contributed by atoms with Crippen LogP contribution in [0.3, 0.4) is 0 Å². The average molecular weight is 136 g/mol. The van der Waals surface area contributed by atoms with Crippen molar-refractivity contribution >= 4 is 6.08 Å². The van der Waals surface area contributed by atoms with Crippen molar-refractivity contribution in [1.29, 1.82) is 0 Å². The van der Waals surface area contributed by atoms with Gasteiger partial charge in [0.1, 0.15) is 6.04 Å². The van der Waals surface area contributed by atoms with Gasteiger partial charge in [-0.1, -0.05) is 0 Å². The van der Waals surface area contributed by atoms with Gasteiger partial charge in [-0.2, -0.15) is 4.99 Å². The highest BCUT2D eigenvalue weighted by Crippen LogP contribution is 2.49. The highest BCUT2D eigenvalue weighted by atomic mass is 16.1. The first-order valence-corrected chi connectivity index (χ1v) is 3.83. The van der Waals surface area contributed by atoms with Crippen LogP contribution >= 0.6 is 0 Å². The van der Waals surface area contributed by atoms with Gasteiger partial charge in [0, 0.05) is 0 Å². The van der Waals surface area contributed by atoms with Gasteiger partial charge in [-0.3, -0.25) is 0 Å². The molecule has 2 rings (SSSR count). The maximum atomic E-state index is 9.92. The highest BCUT2D eigenvalue weighted by molar-refractivity contribution is 5.36. The third kappa shape index (κ3) is 0.800. The van der Waals surface area contributed by atoms with Gasteiger partial charge in [-0.15, -0.1) is 0 Å². The molecule has 10 heavy (non-hydrogen) atoms. The molecule has 0 aromatic rings. The molecule has 0 N–H and O–H groups in total. The maximum absolute atomic E-state index is 9.92. The fourth-order valence-electron chi connectivity index (χ4n) is 2.22. The standard InChI is InChI=1S/C8H10NO/c10-5-9-8-4-6-1-2-7(8)3-6/h6-7H,1-4H2. The van der Waals surface area contributed by atoms with Crippen molar-refractivity contribution in [3.8, 4) is 0 Å². The van der Waals surface area contributed by atoms with Gasteiger partial charge in [-0.05, 0) is 37.5 Å². The Balaban J connectivity index is 2.08. The lowest BCUT2D eigenvalue weighted by molar-refractivity contribution is 0.501. The van der Waals surface area contributed by atoms with Crippen LogP contribution in [-0.2, 0) is 4.79 Å². The molecule has 0 aromatic heterocycles. The molecule has 2 nitrogen and oxygen atoms in total. The molecule has 0 saturated heterocycles. The summed E-state index contributed by atoms with van der Waals surface area (Å²) in [6, 6.07) is 1.12. The second-order valence-electron chi connectivity index (χ2n) is 3.27. The summed E-state index contributed by atoms with van der Waals surface area (Å²) in [5.74, 6) is 1.49. The molecule has 2 heteroatoms. The van der Waals surface area contributed by atoms with Crippen LogP contribution in [0.4, 0.5) is 0 Å². The van der Waals surface area contributed by atoms with Gasteiger partial charge in [0.15, 0.2) is 0 Å². The molecule has 2 aliphatic rings. The minimum atomic E-state index is 0.645. The van der Waals surface area contributed by atoms with Crippen LogP contribution in [0.25, 0.3) is 0 Å². The molecule has 0 heterocycles. The zero-order valence-corrected chi connectivity index (χ0v) is 5.84. The van der Waals surface area contributed by atoms with E-state index in [1.807, 2.05) is 0 Å². The van der Waals surface area contributed by atoms with E-state index < -0.39 is 0 Å². The molecular weight excluding hydrogens is 126 g/mol. The first kappa shape index (κ1) is 6.11. The molecule has 2 bridgehead atoms. The van der Waals surface area contributed by atoms with E-state index in [9.17, 15) is 4.79 Å². The number of rotatable bonds is 1. The first-order chi connectivity index (χ1) is 4.90. The van der Waals surface area contributed by atoms with Crippen LogP contribution < -0.4 is 0 Å². The van der Waals surface area contributed by atoms with Crippen LogP contribution in [-0.4, -0.2) is 6.08 Å². The molecule has 1 radical (unpaired) electrons. The van der Waals surface area contributed by atoms with Crippen molar-refractivity contribution in [2.45, 2.75) is 25.7 Å². The van der Waals surface area contributed by atoms with Gasteiger partial charge in [0.2, 0.25) is 6.08 Å². The van der Waals surface area contributed by atoms with E-state index in [0.29, 0.717) is 5.92 Å². The number of isocyanates is 1. The normalized spacial score (nSPS) is 38.0. The number of fused-ring (bicyclic) bond motifs is 2. The van der Waals surface area contributed by atoms with E-state index in [1.165, 1.54) is 19.3 Å². The zero-order valence-electron chi connectivity index (χ0n) is 5.84. The molecular formula is C8H10NO. The van der Waals surface area contributed by atoms with Crippen molar-refractivity contribution in [1.82, 2.24) is 0 Å².